The molecule has 0 radical (unpaired) electrons. The summed E-state index contributed by atoms with van der Waals surface area (Å²) in [6.45, 7) is 0.876. The number of nitrogens with two attached hydrogens (primary N) is 1. The summed E-state index contributed by atoms with van der Waals surface area (Å²) in [4.78, 5) is 15.4. The van der Waals surface area contributed by atoms with Gasteiger partial charge in [0.2, 0.25) is 5.91 Å². The average Bonchev–Trinajstić information content (AvgIpc) is 3.22. The summed E-state index contributed by atoms with van der Waals surface area (Å²) in [7, 11) is 0. The van der Waals surface area contributed by atoms with E-state index in [-0.39, 0.29) is 17.9 Å². The van der Waals surface area contributed by atoms with Gasteiger partial charge in [0.15, 0.2) is 0 Å². The third-order valence-electron chi connectivity index (χ3n) is 6.61. The molecule has 28 heavy (non-hydrogen) atoms. The maximum Gasteiger partial charge on any atom is 0.226 e. The molecule has 4 rings (SSSR count). The molecule has 2 aliphatic rings. The van der Waals surface area contributed by atoms with Gasteiger partial charge in [0.25, 0.3) is 0 Å². The number of carbonyl (C=O) groups excluding carboxylic acids is 1. The Bertz CT molecular complexity index is 750. The SMILES string of the molecule is NC1C2CCCC1CC(C(=O)N(Cc1ccccc1)CC(O)c1ccsc1)C2. The molecule has 2 fully saturated rings. The number of thiophene rings is 1. The molecule has 0 spiro atoms. The smallest absolute Gasteiger partial charge is 0.226 e. The van der Waals surface area contributed by atoms with Crippen LogP contribution in [0.25, 0.3) is 0 Å². The molecule has 0 aliphatic heterocycles. The Kier molecular flexibility index (Phi) is 6.14. The Labute approximate surface area is 171 Å². The monoisotopic (exact) mass is 398 g/mol. The van der Waals surface area contributed by atoms with Crippen LogP contribution in [0, 0.1) is 17.8 Å². The Morgan fingerprint density at radius 3 is 2.54 bits per heavy atom. The number of carbonyl (C=O) groups is 1. The second-order valence-corrected chi connectivity index (χ2v) is 9.25. The van der Waals surface area contributed by atoms with Crippen molar-refractivity contribution < 1.29 is 9.90 Å². The number of rotatable bonds is 6. The van der Waals surface area contributed by atoms with Gasteiger partial charge in [0.05, 0.1) is 12.6 Å². The molecule has 3 unspecified atom stereocenters. The third kappa shape index (κ3) is 4.32. The van der Waals surface area contributed by atoms with Gasteiger partial charge < -0.3 is 15.7 Å². The number of hydrogen-bond donors (Lipinski definition) is 2. The number of hydrogen-bond acceptors (Lipinski definition) is 4. The molecule has 1 heterocycles. The predicted octanol–water partition coefficient (Wildman–Crippen LogP) is 3.96. The minimum Gasteiger partial charge on any atom is -0.387 e. The molecule has 1 aromatic carbocycles. The van der Waals surface area contributed by atoms with Crippen LogP contribution in [0.1, 0.15) is 49.3 Å². The maximum atomic E-state index is 13.5. The van der Waals surface area contributed by atoms with E-state index in [0.717, 1.165) is 36.8 Å². The van der Waals surface area contributed by atoms with Crippen molar-refractivity contribution in [3.63, 3.8) is 0 Å². The van der Waals surface area contributed by atoms with Crippen LogP contribution in [-0.2, 0) is 11.3 Å². The number of amides is 1. The lowest BCUT2D eigenvalue weighted by Gasteiger charge is -2.44. The van der Waals surface area contributed by atoms with Gasteiger partial charge in [-0.15, -0.1) is 0 Å². The second-order valence-electron chi connectivity index (χ2n) is 8.47. The van der Waals surface area contributed by atoms with Crippen molar-refractivity contribution >= 4 is 17.2 Å². The summed E-state index contributed by atoms with van der Waals surface area (Å²) in [5.41, 5.74) is 8.41. The van der Waals surface area contributed by atoms with Gasteiger partial charge in [-0.1, -0.05) is 36.8 Å². The minimum absolute atomic E-state index is 0.0356. The van der Waals surface area contributed by atoms with E-state index in [2.05, 4.69) is 0 Å². The first-order valence-corrected chi connectivity index (χ1v) is 11.3. The third-order valence-corrected chi connectivity index (χ3v) is 7.31. The highest BCUT2D eigenvalue weighted by molar-refractivity contribution is 7.07. The lowest BCUT2D eigenvalue weighted by molar-refractivity contribution is -0.140. The average molecular weight is 399 g/mol. The van der Waals surface area contributed by atoms with Crippen LogP contribution in [0.5, 0.6) is 0 Å². The largest absolute Gasteiger partial charge is 0.387 e. The summed E-state index contributed by atoms with van der Waals surface area (Å²) >= 11 is 1.57. The molecule has 3 atom stereocenters. The molecule has 1 amide bonds. The van der Waals surface area contributed by atoms with Gasteiger partial charge in [0.1, 0.15) is 0 Å². The van der Waals surface area contributed by atoms with E-state index in [4.69, 9.17) is 5.73 Å². The van der Waals surface area contributed by atoms with E-state index in [1.807, 2.05) is 52.1 Å². The fourth-order valence-corrected chi connectivity index (χ4v) is 5.77. The fourth-order valence-electron chi connectivity index (χ4n) is 5.06. The molecule has 2 bridgehead atoms. The van der Waals surface area contributed by atoms with E-state index < -0.39 is 6.10 Å². The van der Waals surface area contributed by atoms with Crippen LogP contribution in [0.4, 0.5) is 0 Å². The maximum absolute atomic E-state index is 13.5. The molecule has 1 aromatic heterocycles. The minimum atomic E-state index is -0.649. The number of benzene rings is 1. The van der Waals surface area contributed by atoms with Crippen LogP contribution in [-0.4, -0.2) is 28.5 Å². The van der Waals surface area contributed by atoms with Gasteiger partial charge in [-0.3, -0.25) is 4.79 Å². The van der Waals surface area contributed by atoms with Crippen molar-refractivity contribution in [2.45, 2.75) is 50.8 Å². The number of nitrogens with zero attached hydrogens (tertiary/aromatic N) is 1. The summed E-state index contributed by atoms with van der Waals surface area (Å²) in [5.74, 6) is 1.17. The standard InChI is InChI=1S/C23H30N2O2S/c24-22-17-7-4-8-18(22)12-20(11-17)23(27)25(13-16-5-2-1-3-6-16)14-21(26)19-9-10-28-15-19/h1-3,5-6,9-10,15,17-18,20-22,26H,4,7-8,11-14,24H2. The van der Waals surface area contributed by atoms with E-state index in [9.17, 15) is 9.90 Å². The van der Waals surface area contributed by atoms with E-state index in [1.54, 1.807) is 11.3 Å². The summed E-state index contributed by atoms with van der Waals surface area (Å²) < 4.78 is 0. The summed E-state index contributed by atoms with van der Waals surface area (Å²) in [6.07, 6.45) is 4.69. The molecule has 5 heteroatoms. The highest BCUT2D eigenvalue weighted by atomic mass is 32.1. The van der Waals surface area contributed by atoms with Gasteiger partial charge in [0, 0.05) is 18.5 Å². The van der Waals surface area contributed by atoms with E-state index in [0.29, 0.717) is 24.9 Å². The molecule has 3 N–H and O–H groups in total. The first-order valence-electron chi connectivity index (χ1n) is 10.4. The number of aliphatic hydroxyl groups excluding tert-OH is 1. The Morgan fingerprint density at radius 2 is 1.89 bits per heavy atom. The first kappa shape index (κ1) is 19.6. The van der Waals surface area contributed by atoms with Crippen LogP contribution in [0.15, 0.2) is 47.2 Å². The van der Waals surface area contributed by atoms with Crippen LogP contribution in [0.3, 0.4) is 0 Å². The molecule has 2 aromatic rings. The molecule has 0 saturated heterocycles. The molecule has 2 aliphatic carbocycles. The van der Waals surface area contributed by atoms with Crippen molar-refractivity contribution in [2.75, 3.05) is 6.54 Å². The van der Waals surface area contributed by atoms with Gasteiger partial charge >= 0.3 is 0 Å². The normalized spacial score (nSPS) is 27.9. The topological polar surface area (TPSA) is 66.6 Å². The summed E-state index contributed by atoms with van der Waals surface area (Å²) in [6, 6.07) is 12.3. The Balaban J connectivity index is 1.51. The number of fused-ring (bicyclic) bond motifs is 2. The zero-order valence-electron chi connectivity index (χ0n) is 16.2. The molecular weight excluding hydrogens is 368 g/mol. The van der Waals surface area contributed by atoms with Crippen molar-refractivity contribution in [1.82, 2.24) is 4.90 Å². The fraction of sp³-hybridized carbons (Fsp3) is 0.522. The quantitative estimate of drug-likeness (QED) is 0.774. The van der Waals surface area contributed by atoms with Crippen molar-refractivity contribution in [3.05, 3.63) is 58.3 Å². The van der Waals surface area contributed by atoms with Crippen molar-refractivity contribution in [2.24, 2.45) is 23.5 Å². The lowest BCUT2D eigenvalue weighted by Crippen LogP contribution is -2.50. The Hall–Kier alpha value is -1.69. The predicted molar refractivity (Wildman–Crippen MR) is 113 cm³/mol. The van der Waals surface area contributed by atoms with Crippen LogP contribution in [0.2, 0.25) is 0 Å². The molecule has 2 saturated carbocycles. The van der Waals surface area contributed by atoms with Crippen molar-refractivity contribution in [3.8, 4) is 0 Å². The van der Waals surface area contributed by atoms with Gasteiger partial charge in [-0.25, -0.2) is 0 Å². The van der Waals surface area contributed by atoms with Crippen LogP contribution < -0.4 is 5.73 Å². The van der Waals surface area contributed by atoms with Gasteiger partial charge in [-0.2, -0.15) is 11.3 Å². The number of aliphatic hydroxyl groups is 1. The van der Waals surface area contributed by atoms with Crippen molar-refractivity contribution in [1.29, 1.82) is 0 Å². The Morgan fingerprint density at radius 1 is 1.18 bits per heavy atom. The zero-order valence-corrected chi connectivity index (χ0v) is 17.1. The van der Waals surface area contributed by atoms with Crippen LogP contribution >= 0.6 is 11.3 Å². The zero-order chi connectivity index (χ0) is 19.5. The van der Waals surface area contributed by atoms with E-state index in [1.165, 1.54) is 6.42 Å². The summed E-state index contributed by atoms with van der Waals surface area (Å²) in [5, 5.41) is 14.6. The highest BCUT2D eigenvalue weighted by Crippen LogP contribution is 2.42. The van der Waals surface area contributed by atoms with E-state index >= 15 is 0 Å². The van der Waals surface area contributed by atoms with Gasteiger partial charge in [-0.05, 0) is 65.5 Å². The molecular formula is C23H30N2O2S. The lowest BCUT2D eigenvalue weighted by atomic mass is 9.65. The second kappa shape index (κ2) is 8.76. The molecule has 4 nitrogen and oxygen atoms in total. The highest BCUT2D eigenvalue weighted by Gasteiger charge is 2.41. The molecule has 150 valence electrons. The first-order chi connectivity index (χ1) is 13.6.